The van der Waals surface area contributed by atoms with E-state index in [0.717, 1.165) is 44.0 Å². The van der Waals surface area contributed by atoms with Gasteiger partial charge in [0.25, 0.3) is 5.91 Å². The van der Waals surface area contributed by atoms with Crippen LogP contribution in [0.1, 0.15) is 41.6 Å². The lowest BCUT2D eigenvalue weighted by Gasteiger charge is -2.33. The maximum absolute atomic E-state index is 13.1. The molecule has 2 saturated heterocycles. The number of rotatable bonds is 7. The first-order valence-electron chi connectivity index (χ1n) is 12.7. The lowest BCUT2D eigenvalue weighted by Crippen LogP contribution is -2.40. The van der Waals surface area contributed by atoms with E-state index in [-0.39, 0.29) is 34.0 Å². The summed E-state index contributed by atoms with van der Waals surface area (Å²) >= 11 is 0. The Balaban J connectivity index is 1.46. The van der Waals surface area contributed by atoms with Crippen molar-refractivity contribution in [3.05, 3.63) is 47.7 Å². The molecule has 1 atom stereocenters. The zero-order chi connectivity index (χ0) is 28.4. The molecule has 0 saturated carbocycles. The van der Waals surface area contributed by atoms with Gasteiger partial charge >= 0.3 is 6.18 Å². The number of hydrogen-bond acceptors (Lipinski definition) is 7. The van der Waals surface area contributed by atoms with E-state index in [1.54, 1.807) is 0 Å². The van der Waals surface area contributed by atoms with Gasteiger partial charge < -0.3 is 20.4 Å². The lowest BCUT2D eigenvalue weighted by molar-refractivity contribution is -0.137. The van der Waals surface area contributed by atoms with Crippen LogP contribution in [0.3, 0.4) is 0 Å². The average molecular weight is 568 g/mol. The van der Waals surface area contributed by atoms with Crippen LogP contribution in [-0.2, 0) is 20.8 Å². The Hall–Kier alpha value is -3.19. The minimum absolute atomic E-state index is 0.0263. The van der Waals surface area contributed by atoms with Gasteiger partial charge in [-0.3, -0.25) is 9.59 Å². The minimum atomic E-state index is -4.62. The van der Waals surface area contributed by atoms with E-state index in [4.69, 9.17) is 0 Å². The number of nitrogens with one attached hydrogen (secondary N) is 2. The molecule has 2 fully saturated rings. The van der Waals surface area contributed by atoms with Gasteiger partial charge in [-0.1, -0.05) is 6.07 Å². The molecule has 2 aromatic rings. The van der Waals surface area contributed by atoms with Crippen molar-refractivity contribution in [3.63, 3.8) is 0 Å². The second-order valence-corrected chi connectivity index (χ2v) is 12.3. The molecule has 0 bridgehead atoms. The van der Waals surface area contributed by atoms with E-state index in [9.17, 15) is 31.2 Å². The predicted molar refractivity (Wildman–Crippen MR) is 140 cm³/mol. The molecule has 4 rings (SSSR count). The zero-order valence-corrected chi connectivity index (χ0v) is 22.6. The quantitative estimate of drug-likeness (QED) is 0.529. The van der Waals surface area contributed by atoms with Crippen LogP contribution >= 0.6 is 0 Å². The fourth-order valence-corrected chi connectivity index (χ4v) is 5.54. The highest BCUT2D eigenvalue weighted by Crippen LogP contribution is 2.32. The number of halogens is 3. The number of sulfone groups is 1. The summed E-state index contributed by atoms with van der Waals surface area (Å²) in [4.78, 5) is 33.7. The predicted octanol–water partition coefficient (Wildman–Crippen LogP) is 3.18. The molecule has 0 unspecified atom stereocenters. The zero-order valence-electron chi connectivity index (χ0n) is 21.8. The van der Waals surface area contributed by atoms with Gasteiger partial charge in [0, 0.05) is 50.1 Å². The first-order chi connectivity index (χ1) is 18.3. The number of nitrogens with zero attached hydrogens (tertiary/aromatic N) is 3. The number of carbonyl (C=O) groups is 2. The molecule has 212 valence electrons. The van der Waals surface area contributed by atoms with E-state index in [2.05, 4.69) is 20.5 Å². The van der Waals surface area contributed by atoms with Crippen molar-refractivity contribution in [2.45, 2.75) is 42.8 Å². The number of anilines is 2. The first-order valence-corrected chi connectivity index (χ1v) is 14.6. The summed E-state index contributed by atoms with van der Waals surface area (Å²) in [5.41, 5.74) is -1.11. The maximum Gasteiger partial charge on any atom is 0.416 e. The van der Waals surface area contributed by atoms with Crippen LogP contribution in [0.15, 0.2) is 41.4 Å². The summed E-state index contributed by atoms with van der Waals surface area (Å²) in [5, 5.41) is 5.66. The third-order valence-corrected chi connectivity index (χ3v) is 8.19. The van der Waals surface area contributed by atoms with E-state index >= 15 is 0 Å². The Kier molecular flexibility index (Phi) is 8.50. The minimum Gasteiger partial charge on any atom is -0.355 e. The van der Waals surface area contributed by atoms with Gasteiger partial charge in [-0.15, -0.1) is 0 Å². The van der Waals surface area contributed by atoms with Crippen molar-refractivity contribution >= 4 is 33.2 Å². The number of amides is 2. The average Bonchev–Trinajstić information content (AvgIpc) is 3.27. The third kappa shape index (κ3) is 7.47. The Morgan fingerprint density at radius 3 is 2.44 bits per heavy atom. The van der Waals surface area contributed by atoms with Crippen molar-refractivity contribution in [2.75, 3.05) is 49.7 Å². The molecule has 0 radical (unpaired) electrons. The molecule has 2 N–H and O–H groups in total. The maximum atomic E-state index is 13.1. The van der Waals surface area contributed by atoms with Crippen molar-refractivity contribution in [3.8, 4) is 0 Å². The number of likely N-dealkylation sites (N-methyl/N-ethyl adjacent to an activating group) is 1. The van der Waals surface area contributed by atoms with Crippen LogP contribution in [0, 0.1) is 5.92 Å². The van der Waals surface area contributed by atoms with Gasteiger partial charge in [-0.25, -0.2) is 13.4 Å². The molecular weight excluding hydrogens is 535 g/mol. The highest BCUT2D eigenvalue weighted by molar-refractivity contribution is 7.90. The van der Waals surface area contributed by atoms with Crippen LogP contribution in [0.5, 0.6) is 0 Å². The summed E-state index contributed by atoms with van der Waals surface area (Å²) < 4.78 is 63.7. The van der Waals surface area contributed by atoms with Crippen LogP contribution in [-0.4, -0.2) is 75.6 Å². The second-order valence-electron chi connectivity index (χ2n) is 10.3. The number of pyridine rings is 1. The third-order valence-electron chi connectivity index (χ3n) is 7.11. The molecular formula is C26H32F3N5O4S. The summed E-state index contributed by atoms with van der Waals surface area (Å²) in [5.74, 6) is -0.309. The molecule has 1 aromatic heterocycles. The normalized spacial score (nSPS) is 19.2. The molecule has 0 spiro atoms. The SMILES string of the molecule is CN1CC[C@H](NC(=O)CC2CCN(c3ncc(S(C)(=O)=O)cc3NC(=O)c3cccc(C(F)(F)F)c3)CC2)C1. The Bertz CT molecular complexity index is 1330. The van der Waals surface area contributed by atoms with Gasteiger partial charge in [0.1, 0.15) is 0 Å². The smallest absolute Gasteiger partial charge is 0.355 e. The van der Waals surface area contributed by atoms with Gasteiger partial charge in [0.15, 0.2) is 15.7 Å². The van der Waals surface area contributed by atoms with Gasteiger partial charge in [-0.05, 0) is 63.0 Å². The molecule has 9 nitrogen and oxygen atoms in total. The Morgan fingerprint density at radius 2 is 1.82 bits per heavy atom. The molecule has 39 heavy (non-hydrogen) atoms. The first kappa shape index (κ1) is 28.8. The molecule has 13 heteroatoms. The number of hydrogen-bond donors (Lipinski definition) is 2. The molecule has 2 amide bonds. The van der Waals surface area contributed by atoms with Crippen molar-refractivity contribution in [2.24, 2.45) is 5.92 Å². The summed E-state index contributed by atoms with van der Waals surface area (Å²) in [6.45, 7) is 2.83. The molecule has 2 aliphatic rings. The molecule has 2 aliphatic heterocycles. The number of benzene rings is 1. The Morgan fingerprint density at radius 1 is 1.10 bits per heavy atom. The standard InChI is InChI=1S/C26H32F3N5O4S/c1-33-9-8-20(16-33)31-23(35)12-17-6-10-34(11-7-17)24-22(14-21(15-30-24)39(2,37)38)32-25(36)18-4-3-5-19(13-18)26(27,28)29/h3-5,13-15,17,20H,6-12,16H2,1-2H3,(H,31,35)(H,32,36)/t20-/m0/s1. The summed E-state index contributed by atoms with van der Waals surface area (Å²) in [6, 6.07) is 5.42. The lowest BCUT2D eigenvalue weighted by atomic mass is 9.93. The summed E-state index contributed by atoms with van der Waals surface area (Å²) in [6.07, 6.45) is 0.306. The van der Waals surface area contributed by atoms with Crippen LogP contribution in [0.4, 0.5) is 24.7 Å². The number of aromatic nitrogens is 1. The van der Waals surface area contributed by atoms with E-state index in [0.29, 0.717) is 38.2 Å². The fourth-order valence-electron chi connectivity index (χ4n) is 4.97. The van der Waals surface area contributed by atoms with Crippen molar-refractivity contribution < 1.29 is 31.2 Å². The molecule has 1 aromatic carbocycles. The van der Waals surface area contributed by atoms with E-state index in [1.165, 1.54) is 18.3 Å². The number of likely N-dealkylation sites (tertiary alicyclic amines) is 1. The van der Waals surface area contributed by atoms with Gasteiger partial charge in [-0.2, -0.15) is 13.2 Å². The molecule has 3 heterocycles. The monoisotopic (exact) mass is 567 g/mol. The summed E-state index contributed by atoms with van der Waals surface area (Å²) in [7, 11) is -1.64. The highest BCUT2D eigenvalue weighted by atomic mass is 32.2. The number of carbonyl (C=O) groups excluding carboxylic acids is 2. The van der Waals surface area contributed by atoms with E-state index < -0.39 is 27.5 Å². The molecule has 0 aliphatic carbocycles. The van der Waals surface area contributed by atoms with E-state index in [1.807, 2.05) is 11.9 Å². The van der Waals surface area contributed by atoms with Crippen LogP contribution < -0.4 is 15.5 Å². The van der Waals surface area contributed by atoms with Crippen molar-refractivity contribution in [1.82, 2.24) is 15.2 Å². The van der Waals surface area contributed by atoms with Crippen LogP contribution in [0.25, 0.3) is 0 Å². The second kappa shape index (κ2) is 11.5. The number of piperidine rings is 1. The van der Waals surface area contributed by atoms with Gasteiger partial charge in [0.2, 0.25) is 5.91 Å². The van der Waals surface area contributed by atoms with Crippen LogP contribution in [0.2, 0.25) is 0 Å². The number of alkyl halides is 3. The highest BCUT2D eigenvalue weighted by Gasteiger charge is 2.31. The largest absolute Gasteiger partial charge is 0.416 e. The Labute approximate surface area is 225 Å². The van der Waals surface area contributed by atoms with Gasteiger partial charge in [0.05, 0.1) is 16.1 Å². The van der Waals surface area contributed by atoms with Crippen molar-refractivity contribution in [1.29, 1.82) is 0 Å². The fraction of sp³-hybridized carbons (Fsp3) is 0.500. The topological polar surface area (TPSA) is 112 Å².